The molecule has 0 bridgehead atoms. The van der Waals surface area contributed by atoms with Gasteiger partial charge in [0, 0.05) is 18.8 Å². The summed E-state index contributed by atoms with van der Waals surface area (Å²) in [5.41, 5.74) is 6.94. The molecule has 0 radical (unpaired) electrons. The summed E-state index contributed by atoms with van der Waals surface area (Å²) in [4.78, 5) is 14.7. The molecular formula is C18H24N2O2. The van der Waals surface area contributed by atoms with E-state index in [1.807, 2.05) is 0 Å². The van der Waals surface area contributed by atoms with Crippen molar-refractivity contribution in [2.75, 3.05) is 38.2 Å². The van der Waals surface area contributed by atoms with E-state index in [1.54, 1.807) is 0 Å². The average molecular weight is 300 g/mol. The molecule has 1 aliphatic heterocycles. The second-order valence-corrected chi connectivity index (χ2v) is 6.67. The van der Waals surface area contributed by atoms with Crippen LogP contribution in [0.25, 0.3) is 0 Å². The Bertz CT molecular complexity index is 559. The molecule has 0 saturated carbocycles. The van der Waals surface area contributed by atoms with Crippen LogP contribution >= 0.6 is 0 Å². The minimum absolute atomic E-state index is 0.135. The van der Waals surface area contributed by atoms with Gasteiger partial charge in [0.1, 0.15) is 0 Å². The van der Waals surface area contributed by atoms with Crippen LogP contribution in [-0.2, 0) is 35.2 Å². The lowest BCUT2D eigenvalue weighted by atomic mass is 9.98. The zero-order chi connectivity index (χ0) is 14.9. The zero-order valence-corrected chi connectivity index (χ0v) is 13.1. The van der Waals surface area contributed by atoms with Gasteiger partial charge in [0.05, 0.1) is 19.8 Å². The number of hydrogen-bond donors (Lipinski definition) is 1. The maximum Gasteiger partial charge on any atom is 0.238 e. The third-order valence-corrected chi connectivity index (χ3v) is 5.21. The molecule has 1 amide bonds. The summed E-state index contributed by atoms with van der Waals surface area (Å²) < 4.78 is 5.35. The highest BCUT2D eigenvalue weighted by Gasteiger charge is 2.25. The number of fused-ring (bicyclic) bond motifs is 2. The SMILES string of the molecule is O=C(CN1CCOCC1)Nc1c2c(cc3c1CCC3)CCC2. The summed E-state index contributed by atoms with van der Waals surface area (Å²) in [7, 11) is 0. The van der Waals surface area contributed by atoms with Gasteiger partial charge in [-0.3, -0.25) is 9.69 Å². The number of amides is 1. The smallest absolute Gasteiger partial charge is 0.238 e. The maximum atomic E-state index is 12.5. The molecule has 118 valence electrons. The predicted molar refractivity (Wildman–Crippen MR) is 86.4 cm³/mol. The van der Waals surface area contributed by atoms with E-state index in [1.165, 1.54) is 53.6 Å². The standard InChI is InChI=1S/C18H24N2O2/c21-17(12-20-7-9-22-10-8-20)19-18-15-5-1-3-13(15)11-14-4-2-6-16(14)18/h11H,1-10,12H2,(H,19,21). The summed E-state index contributed by atoms with van der Waals surface area (Å²) in [6.45, 7) is 3.69. The summed E-state index contributed by atoms with van der Waals surface area (Å²) in [6, 6.07) is 2.41. The van der Waals surface area contributed by atoms with Crippen LogP contribution in [0.5, 0.6) is 0 Å². The van der Waals surface area contributed by atoms with Gasteiger partial charge in [0.25, 0.3) is 0 Å². The van der Waals surface area contributed by atoms with Crippen LogP contribution in [0.3, 0.4) is 0 Å². The van der Waals surface area contributed by atoms with E-state index < -0.39 is 0 Å². The minimum Gasteiger partial charge on any atom is -0.379 e. The lowest BCUT2D eigenvalue weighted by Crippen LogP contribution is -2.41. The fraction of sp³-hybridized carbons (Fsp3) is 0.611. The molecule has 1 heterocycles. The van der Waals surface area contributed by atoms with Crippen molar-refractivity contribution < 1.29 is 9.53 Å². The Morgan fingerprint density at radius 3 is 2.32 bits per heavy atom. The number of ether oxygens (including phenoxy) is 1. The topological polar surface area (TPSA) is 41.6 Å². The number of anilines is 1. The van der Waals surface area contributed by atoms with Crippen molar-refractivity contribution in [3.63, 3.8) is 0 Å². The van der Waals surface area contributed by atoms with E-state index >= 15 is 0 Å². The highest BCUT2D eigenvalue weighted by atomic mass is 16.5. The van der Waals surface area contributed by atoms with E-state index in [-0.39, 0.29) is 5.91 Å². The number of rotatable bonds is 3. The highest BCUT2D eigenvalue weighted by Crippen LogP contribution is 2.38. The van der Waals surface area contributed by atoms with Gasteiger partial charge in [0.15, 0.2) is 0 Å². The lowest BCUT2D eigenvalue weighted by molar-refractivity contribution is -0.118. The summed E-state index contributed by atoms with van der Waals surface area (Å²) in [5, 5.41) is 3.27. The molecule has 22 heavy (non-hydrogen) atoms. The van der Waals surface area contributed by atoms with Gasteiger partial charge in [-0.1, -0.05) is 6.07 Å². The Balaban J connectivity index is 1.53. The lowest BCUT2D eigenvalue weighted by Gasteiger charge is -2.26. The first-order chi connectivity index (χ1) is 10.8. The van der Waals surface area contributed by atoms with Crippen LogP contribution in [-0.4, -0.2) is 43.7 Å². The highest BCUT2D eigenvalue weighted by molar-refractivity contribution is 5.94. The number of morpholine rings is 1. The van der Waals surface area contributed by atoms with Gasteiger partial charge >= 0.3 is 0 Å². The van der Waals surface area contributed by atoms with E-state index in [0.29, 0.717) is 6.54 Å². The summed E-state index contributed by atoms with van der Waals surface area (Å²) >= 11 is 0. The Hall–Kier alpha value is -1.39. The number of nitrogens with zero attached hydrogens (tertiary/aromatic N) is 1. The van der Waals surface area contributed by atoms with Crippen LogP contribution in [0.1, 0.15) is 35.1 Å². The molecule has 4 heteroatoms. The monoisotopic (exact) mass is 300 g/mol. The third-order valence-electron chi connectivity index (χ3n) is 5.21. The fourth-order valence-electron chi connectivity index (χ4n) is 4.11. The molecule has 3 aliphatic rings. The van der Waals surface area contributed by atoms with Crippen LogP contribution in [0, 0.1) is 0 Å². The third kappa shape index (κ3) is 2.66. The van der Waals surface area contributed by atoms with Crippen LogP contribution < -0.4 is 5.32 Å². The van der Waals surface area contributed by atoms with E-state index in [9.17, 15) is 4.79 Å². The molecule has 2 aliphatic carbocycles. The second-order valence-electron chi connectivity index (χ2n) is 6.67. The second kappa shape index (κ2) is 6.01. The molecule has 1 aromatic rings. The summed E-state index contributed by atoms with van der Waals surface area (Å²) in [6.07, 6.45) is 7.05. The maximum absolute atomic E-state index is 12.5. The molecule has 0 aromatic heterocycles. The van der Waals surface area contributed by atoms with Gasteiger partial charge in [-0.2, -0.15) is 0 Å². The zero-order valence-electron chi connectivity index (χ0n) is 13.1. The van der Waals surface area contributed by atoms with Crippen LogP contribution in [0.4, 0.5) is 5.69 Å². The first kappa shape index (κ1) is 14.2. The van der Waals surface area contributed by atoms with E-state index in [0.717, 1.165) is 39.1 Å². The average Bonchev–Trinajstić information content (AvgIpc) is 3.16. The normalized spacial score (nSPS) is 20.7. The number of carbonyl (C=O) groups excluding carboxylic acids is 1. The van der Waals surface area contributed by atoms with Gasteiger partial charge in [-0.05, 0) is 60.8 Å². The molecule has 1 saturated heterocycles. The van der Waals surface area contributed by atoms with Crippen molar-refractivity contribution in [2.45, 2.75) is 38.5 Å². The van der Waals surface area contributed by atoms with Crippen molar-refractivity contribution >= 4 is 11.6 Å². The first-order valence-electron chi connectivity index (χ1n) is 8.58. The first-order valence-corrected chi connectivity index (χ1v) is 8.58. The van der Waals surface area contributed by atoms with Gasteiger partial charge in [0.2, 0.25) is 5.91 Å². The number of hydrogen-bond acceptors (Lipinski definition) is 3. The molecule has 1 N–H and O–H groups in total. The molecule has 0 spiro atoms. The molecule has 4 rings (SSSR count). The largest absolute Gasteiger partial charge is 0.379 e. The predicted octanol–water partition coefficient (Wildman–Crippen LogP) is 1.93. The Kier molecular flexibility index (Phi) is 3.89. The fourth-order valence-corrected chi connectivity index (χ4v) is 4.11. The Morgan fingerprint density at radius 1 is 1.05 bits per heavy atom. The number of benzene rings is 1. The van der Waals surface area contributed by atoms with Crippen molar-refractivity contribution in [2.24, 2.45) is 0 Å². The molecule has 4 nitrogen and oxygen atoms in total. The van der Waals surface area contributed by atoms with Gasteiger partial charge in [-0.15, -0.1) is 0 Å². The molecule has 0 atom stereocenters. The van der Waals surface area contributed by atoms with E-state index in [2.05, 4.69) is 16.3 Å². The number of aryl methyl sites for hydroxylation is 2. The molecular weight excluding hydrogens is 276 g/mol. The Morgan fingerprint density at radius 2 is 1.68 bits per heavy atom. The molecule has 1 fully saturated rings. The summed E-state index contributed by atoms with van der Waals surface area (Å²) in [5.74, 6) is 0.135. The Labute approximate surface area is 131 Å². The van der Waals surface area contributed by atoms with Crippen molar-refractivity contribution in [1.29, 1.82) is 0 Å². The quantitative estimate of drug-likeness (QED) is 0.927. The van der Waals surface area contributed by atoms with Crippen molar-refractivity contribution in [3.05, 3.63) is 28.3 Å². The van der Waals surface area contributed by atoms with Gasteiger partial charge < -0.3 is 10.1 Å². The number of nitrogens with one attached hydrogen (secondary N) is 1. The van der Waals surface area contributed by atoms with Crippen molar-refractivity contribution in [1.82, 2.24) is 4.90 Å². The molecule has 1 aromatic carbocycles. The number of carbonyl (C=O) groups is 1. The van der Waals surface area contributed by atoms with E-state index in [4.69, 9.17) is 4.74 Å². The minimum atomic E-state index is 0.135. The van der Waals surface area contributed by atoms with Crippen LogP contribution in [0.15, 0.2) is 6.07 Å². The van der Waals surface area contributed by atoms with Crippen LogP contribution in [0.2, 0.25) is 0 Å². The molecule has 0 unspecified atom stereocenters. The van der Waals surface area contributed by atoms with Gasteiger partial charge in [-0.25, -0.2) is 0 Å². The van der Waals surface area contributed by atoms with Crippen molar-refractivity contribution in [3.8, 4) is 0 Å².